The fourth-order valence-electron chi connectivity index (χ4n) is 3.51. The molecule has 0 aliphatic carbocycles. The Morgan fingerprint density at radius 3 is 2.03 bits per heavy atom. The van der Waals surface area contributed by atoms with Gasteiger partial charge in [-0.05, 0) is 50.1 Å². The molecule has 2 aromatic rings. The highest BCUT2D eigenvalue weighted by Gasteiger charge is 2.38. The van der Waals surface area contributed by atoms with Crippen LogP contribution in [-0.2, 0) is 27.2 Å². The number of benzene rings is 2. The van der Waals surface area contributed by atoms with Gasteiger partial charge < -0.3 is 5.32 Å². The highest BCUT2D eigenvalue weighted by atomic mass is 32.2. The largest absolute Gasteiger partial charge is 0.416 e. The highest BCUT2D eigenvalue weighted by Crippen LogP contribution is 2.37. The van der Waals surface area contributed by atoms with Crippen LogP contribution in [-0.4, -0.2) is 31.7 Å². The molecule has 3 rings (SSSR count). The van der Waals surface area contributed by atoms with E-state index in [9.17, 15) is 39.6 Å². The van der Waals surface area contributed by atoms with Gasteiger partial charge in [0.1, 0.15) is 0 Å². The van der Waals surface area contributed by atoms with Crippen molar-refractivity contribution >= 4 is 21.6 Å². The van der Waals surface area contributed by atoms with Crippen molar-refractivity contribution in [2.24, 2.45) is 5.92 Å². The number of hydrogen-bond donors (Lipinski definition) is 1. The van der Waals surface area contributed by atoms with Crippen molar-refractivity contribution in [3.05, 3.63) is 59.2 Å². The van der Waals surface area contributed by atoms with Crippen LogP contribution in [0.4, 0.5) is 32.0 Å². The molecule has 1 saturated heterocycles. The van der Waals surface area contributed by atoms with Crippen LogP contribution < -0.4 is 5.32 Å². The summed E-state index contributed by atoms with van der Waals surface area (Å²) in [5.74, 6) is -1.80. The number of alkyl halides is 6. The Balaban J connectivity index is 1.81. The summed E-state index contributed by atoms with van der Waals surface area (Å²) in [5, 5.41) is 2.10. The fourth-order valence-corrected chi connectivity index (χ4v) is 5.03. The standard InChI is InChI=1S/C21H20F6N2O3S/c1-13-4-6-18(7-5-13)33(31,32)29-8-2-3-14(12-29)19(30)28-17-10-15(20(22,23)24)9-16(11-17)21(25,26)27/h4-7,9-11,14H,2-3,8,12H2,1H3,(H,28,30). The number of nitrogens with zero attached hydrogens (tertiary/aromatic N) is 1. The molecule has 180 valence electrons. The third-order valence-electron chi connectivity index (χ3n) is 5.27. The summed E-state index contributed by atoms with van der Waals surface area (Å²) in [4.78, 5) is 12.7. The van der Waals surface area contributed by atoms with E-state index < -0.39 is 51.0 Å². The maximum atomic E-state index is 13.0. The molecule has 12 heteroatoms. The molecule has 1 fully saturated rings. The van der Waals surface area contributed by atoms with Crippen molar-refractivity contribution in [3.63, 3.8) is 0 Å². The molecule has 0 aromatic heterocycles. The number of piperidine rings is 1. The molecular formula is C21H20F6N2O3S. The summed E-state index contributed by atoms with van der Waals surface area (Å²) in [6, 6.07) is 6.88. The Morgan fingerprint density at radius 2 is 1.52 bits per heavy atom. The second kappa shape index (κ2) is 8.98. The maximum Gasteiger partial charge on any atom is 0.416 e. The van der Waals surface area contributed by atoms with Crippen molar-refractivity contribution in [2.75, 3.05) is 18.4 Å². The van der Waals surface area contributed by atoms with E-state index >= 15 is 0 Å². The lowest BCUT2D eigenvalue weighted by Gasteiger charge is -2.31. The van der Waals surface area contributed by atoms with Crippen LogP contribution >= 0.6 is 0 Å². The monoisotopic (exact) mass is 494 g/mol. The number of aryl methyl sites for hydroxylation is 1. The summed E-state index contributed by atoms with van der Waals surface area (Å²) in [5.41, 5.74) is -2.93. The lowest BCUT2D eigenvalue weighted by molar-refractivity contribution is -0.143. The minimum absolute atomic E-state index is 0.0295. The molecule has 1 atom stereocenters. The molecular weight excluding hydrogens is 474 g/mol. The summed E-state index contributed by atoms with van der Waals surface area (Å²) >= 11 is 0. The molecule has 1 unspecified atom stereocenters. The lowest BCUT2D eigenvalue weighted by Crippen LogP contribution is -2.43. The fraction of sp³-hybridized carbons (Fsp3) is 0.381. The van der Waals surface area contributed by atoms with Crippen LogP contribution in [0.15, 0.2) is 47.4 Å². The van der Waals surface area contributed by atoms with Gasteiger partial charge in [-0.2, -0.15) is 30.6 Å². The molecule has 1 heterocycles. The Hall–Kier alpha value is -2.60. The Bertz CT molecular complexity index is 1100. The first-order valence-corrected chi connectivity index (χ1v) is 11.3. The minimum atomic E-state index is -5.05. The van der Waals surface area contributed by atoms with E-state index in [0.717, 1.165) is 9.87 Å². The number of carbonyl (C=O) groups excluding carboxylic acids is 1. The van der Waals surface area contributed by atoms with E-state index in [2.05, 4.69) is 5.32 Å². The molecule has 2 aromatic carbocycles. The van der Waals surface area contributed by atoms with Gasteiger partial charge in [0.15, 0.2) is 0 Å². The Labute approximate surface area is 186 Å². The zero-order valence-electron chi connectivity index (χ0n) is 17.3. The number of amides is 1. The molecule has 5 nitrogen and oxygen atoms in total. The van der Waals surface area contributed by atoms with E-state index in [1.165, 1.54) is 12.1 Å². The number of halogens is 6. The maximum absolute atomic E-state index is 13.0. The zero-order valence-corrected chi connectivity index (χ0v) is 18.1. The van der Waals surface area contributed by atoms with Gasteiger partial charge in [0, 0.05) is 18.8 Å². The topological polar surface area (TPSA) is 66.5 Å². The zero-order chi connectivity index (χ0) is 24.6. The summed E-state index contributed by atoms with van der Waals surface area (Å²) in [6.45, 7) is 1.69. The molecule has 1 amide bonds. The first-order chi connectivity index (χ1) is 15.2. The predicted octanol–water partition coefficient (Wildman–Crippen LogP) is 5.07. The first kappa shape index (κ1) is 25.0. The number of anilines is 1. The lowest BCUT2D eigenvalue weighted by atomic mass is 9.98. The third kappa shape index (κ3) is 5.85. The van der Waals surface area contributed by atoms with Crippen molar-refractivity contribution in [1.29, 1.82) is 0 Å². The van der Waals surface area contributed by atoms with Gasteiger partial charge in [0.05, 0.1) is 21.9 Å². The van der Waals surface area contributed by atoms with E-state index in [4.69, 9.17) is 0 Å². The molecule has 0 radical (unpaired) electrons. The predicted molar refractivity (Wildman–Crippen MR) is 108 cm³/mol. The first-order valence-electron chi connectivity index (χ1n) is 9.85. The Morgan fingerprint density at radius 1 is 0.970 bits per heavy atom. The number of rotatable bonds is 4. The van der Waals surface area contributed by atoms with E-state index in [-0.39, 0.29) is 30.5 Å². The molecule has 0 bridgehead atoms. The average molecular weight is 494 g/mol. The molecule has 0 spiro atoms. The van der Waals surface area contributed by atoms with E-state index in [1.807, 2.05) is 0 Å². The van der Waals surface area contributed by atoms with Crippen LogP contribution in [0.1, 0.15) is 29.5 Å². The normalized spacial score (nSPS) is 18.2. The molecule has 1 aliphatic heterocycles. The van der Waals surface area contributed by atoms with Gasteiger partial charge in [-0.1, -0.05) is 17.7 Å². The second-order valence-corrected chi connectivity index (χ2v) is 9.74. The highest BCUT2D eigenvalue weighted by molar-refractivity contribution is 7.89. The van der Waals surface area contributed by atoms with Gasteiger partial charge in [-0.25, -0.2) is 8.42 Å². The Kier molecular flexibility index (Phi) is 6.81. The number of hydrogen-bond acceptors (Lipinski definition) is 3. The van der Waals surface area contributed by atoms with Gasteiger partial charge in [-0.3, -0.25) is 4.79 Å². The van der Waals surface area contributed by atoms with E-state index in [0.29, 0.717) is 18.6 Å². The van der Waals surface area contributed by atoms with Crippen molar-refractivity contribution in [2.45, 2.75) is 37.0 Å². The minimum Gasteiger partial charge on any atom is -0.326 e. The van der Waals surface area contributed by atoms with Gasteiger partial charge >= 0.3 is 12.4 Å². The van der Waals surface area contributed by atoms with Crippen molar-refractivity contribution < 1.29 is 39.6 Å². The SMILES string of the molecule is Cc1ccc(S(=O)(=O)N2CCCC(C(=O)Nc3cc(C(F)(F)F)cc(C(F)(F)F)c3)C2)cc1. The van der Waals surface area contributed by atoms with Crippen LogP contribution in [0.2, 0.25) is 0 Å². The third-order valence-corrected chi connectivity index (χ3v) is 7.15. The molecule has 33 heavy (non-hydrogen) atoms. The van der Waals surface area contributed by atoms with Crippen LogP contribution in [0.3, 0.4) is 0 Å². The van der Waals surface area contributed by atoms with Crippen molar-refractivity contribution in [3.8, 4) is 0 Å². The smallest absolute Gasteiger partial charge is 0.326 e. The molecule has 1 aliphatic rings. The van der Waals surface area contributed by atoms with Crippen LogP contribution in [0.5, 0.6) is 0 Å². The number of sulfonamides is 1. The second-order valence-electron chi connectivity index (χ2n) is 7.80. The van der Waals surface area contributed by atoms with Crippen molar-refractivity contribution in [1.82, 2.24) is 4.31 Å². The number of nitrogens with one attached hydrogen (secondary N) is 1. The van der Waals surface area contributed by atoms with Crippen LogP contribution in [0, 0.1) is 12.8 Å². The van der Waals surface area contributed by atoms with Gasteiger partial charge in [0.25, 0.3) is 0 Å². The van der Waals surface area contributed by atoms with Gasteiger partial charge in [0.2, 0.25) is 15.9 Å². The van der Waals surface area contributed by atoms with Crippen LogP contribution in [0.25, 0.3) is 0 Å². The number of carbonyl (C=O) groups is 1. The molecule has 1 N–H and O–H groups in total. The quantitative estimate of drug-likeness (QED) is 0.604. The average Bonchev–Trinajstić information content (AvgIpc) is 2.72. The van der Waals surface area contributed by atoms with E-state index in [1.54, 1.807) is 19.1 Å². The molecule has 0 saturated carbocycles. The summed E-state index contributed by atoms with van der Waals surface area (Å²) < 4.78 is 105. The van der Waals surface area contributed by atoms with Gasteiger partial charge in [-0.15, -0.1) is 0 Å². The summed E-state index contributed by atoms with van der Waals surface area (Å²) in [6.07, 6.45) is -9.56. The summed E-state index contributed by atoms with van der Waals surface area (Å²) in [7, 11) is -3.91.